The number of carbonyl (C=O) groups is 1. The van der Waals surface area contributed by atoms with E-state index in [1.165, 1.54) is 29.8 Å². The van der Waals surface area contributed by atoms with Crippen LogP contribution in [0.15, 0.2) is 42.5 Å². The highest BCUT2D eigenvalue weighted by Crippen LogP contribution is 2.21. The Kier molecular flexibility index (Phi) is 8.72. The third-order valence-electron chi connectivity index (χ3n) is 5.46. The van der Waals surface area contributed by atoms with E-state index in [2.05, 4.69) is 43.9 Å². The van der Waals surface area contributed by atoms with Crippen molar-refractivity contribution in [3.8, 4) is 5.75 Å². The van der Waals surface area contributed by atoms with Crippen LogP contribution in [-0.4, -0.2) is 36.4 Å². The van der Waals surface area contributed by atoms with E-state index in [-0.39, 0.29) is 5.78 Å². The predicted molar refractivity (Wildman–Crippen MR) is 117 cm³/mol. The molecule has 3 heteroatoms. The van der Waals surface area contributed by atoms with Crippen molar-refractivity contribution >= 4 is 5.78 Å². The summed E-state index contributed by atoms with van der Waals surface area (Å²) < 4.78 is 6.06. The number of rotatable bonds is 5. The third-order valence-corrected chi connectivity index (χ3v) is 5.46. The zero-order valence-electron chi connectivity index (χ0n) is 18.1. The summed E-state index contributed by atoms with van der Waals surface area (Å²) in [6.45, 7) is 13.7. The molecule has 28 heavy (non-hydrogen) atoms. The molecule has 0 N–H and O–H groups in total. The van der Waals surface area contributed by atoms with E-state index in [4.69, 9.17) is 4.74 Å². The lowest BCUT2D eigenvalue weighted by molar-refractivity contribution is -0.116. The first kappa shape index (κ1) is 22.2. The number of benzene rings is 2. The van der Waals surface area contributed by atoms with Gasteiger partial charge in [0, 0.05) is 19.5 Å². The van der Waals surface area contributed by atoms with Crippen LogP contribution in [0.2, 0.25) is 0 Å². The number of likely N-dealkylation sites (tertiary alicyclic amines) is 1. The number of ether oxygens (including phenoxy) is 1. The minimum absolute atomic E-state index is 0.222. The summed E-state index contributed by atoms with van der Waals surface area (Å²) >= 11 is 0. The highest BCUT2D eigenvalue weighted by molar-refractivity contribution is 5.78. The zero-order chi connectivity index (χ0) is 20.5. The first-order valence-corrected chi connectivity index (χ1v) is 10.4. The quantitative estimate of drug-likeness (QED) is 0.704. The van der Waals surface area contributed by atoms with Crippen molar-refractivity contribution in [3.05, 3.63) is 64.7 Å². The smallest absolute Gasteiger partial charge is 0.134 e. The van der Waals surface area contributed by atoms with Gasteiger partial charge in [0.15, 0.2) is 0 Å². The molecule has 3 nitrogen and oxygen atoms in total. The molecule has 152 valence electrons. The SMILES string of the molecule is CC(=O)Cc1ccccc1C.CCN1CCC(Oc2ccc(C)c(C)c2)CC1. The molecule has 1 fully saturated rings. The molecule has 1 aliphatic heterocycles. The molecule has 0 atom stereocenters. The van der Waals surface area contributed by atoms with Crippen molar-refractivity contribution in [2.75, 3.05) is 19.6 Å². The van der Waals surface area contributed by atoms with Crippen molar-refractivity contribution in [1.29, 1.82) is 0 Å². The summed E-state index contributed by atoms with van der Waals surface area (Å²) in [5.74, 6) is 1.25. The van der Waals surface area contributed by atoms with Crippen LogP contribution in [-0.2, 0) is 11.2 Å². The van der Waals surface area contributed by atoms with E-state index >= 15 is 0 Å². The lowest BCUT2D eigenvalue weighted by Crippen LogP contribution is -2.37. The van der Waals surface area contributed by atoms with Gasteiger partial charge in [-0.3, -0.25) is 4.79 Å². The molecule has 0 aromatic heterocycles. The number of carbonyl (C=O) groups excluding carboxylic acids is 1. The second-order valence-electron chi connectivity index (χ2n) is 7.80. The van der Waals surface area contributed by atoms with E-state index < -0.39 is 0 Å². The highest BCUT2D eigenvalue weighted by atomic mass is 16.5. The van der Waals surface area contributed by atoms with E-state index in [9.17, 15) is 4.79 Å². The Bertz CT molecular complexity index is 761. The summed E-state index contributed by atoms with van der Waals surface area (Å²) in [6, 6.07) is 14.4. The molecule has 0 unspecified atom stereocenters. The van der Waals surface area contributed by atoms with Crippen LogP contribution in [0.5, 0.6) is 5.75 Å². The van der Waals surface area contributed by atoms with Gasteiger partial charge < -0.3 is 9.64 Å². The van der Waals surface area contributed by atoms with Gasteiger partial charge in [-0.05, 0) is 81.5 Å². The van der Waals surface area contributed by atoms with Gasteiger partial charge in [0.2, 0.25) is 0 Å². The molecule has 1 saturated heterocycles. The van der Waals surface area contributed by atoms with Gasteiger partial charge in [-0.1, -0.05) is 37.3 Å². The van der Waals surface area contributed by atoms with Crippen molar-refractivity contribution in [2.45, 2.75) is 60.0 Å². The Hall–Kier alpha value is -2.13. The van der Waals surface area contributed by atoms with Crippen molar-refractivity contribution < 1.29 is 9.53 Å². The first-order chi connectivity index (χ1) is 13.4. The lowest BCUT2D eigenvalue weighted by atomic mass is 10.0. The number of piperidine rings is 1. The molecule has 1 aliphatic rings. The maximum Gasteiger partial charge on any atom is 0.134 e. The second-order valence-corrected chi connectivity index (χ2v) is 7.80. The summed E-state index contributed by atoms with van der Waals surface area (Å²) in [4.78, 5) is 13.3. The maximum absolute atomic E-state index is 10.8. The largest absolute Gasteiger partial charge is 0.490 e. The monoisotopic (exact) mass is 381 g/mol. The van der Waals surface area contributed by atoms with Crippen LogP contribution in [0.4, 0.5) is 0 Å². The minimum Gasteiger partial charge on any atom is -0.490 e. The highest BCUT2D eigenvalue weighted by Gasteiger charge is 2.19. The summed E-state index contributed by atoms with van der Waals surface area (Å²) in [7, 11) is 0. The predicted octanol–water partition coefficient (Wildman–Crippen LogP) is 5.29. The molecule has 0 aliphatic carbocycles. The van der Waals surface area contributed by atoms with E-state index in [1.54, 1.807) is 6.92 Å². The molecule has 0 saturated carbocycles. The van der Waals surface area contributed by atoms with Gasteiger partial charge in [0.25, 0.3) is 0 Å². The molecule has 0 amide bonds. The number of ketones is 1. The number of hydrogen-bond donors (Lipinski definition) is 0. The number of Topliss-reactive ketones (excluding diaryl/α,β-unsaturated/α-hetero) is 1. The average molecular weight is 382 g/mol. The van der Waals surface area contributed by atoms with Crippen LogP contribution in [0, 0.1) is 20.8 Å². The van der Waals surface area contributed by atoms with Crippen LogP contribution in [0.25, 0.3) is 0 Å². The lowest BCUT2D eigenvalue weighted by Gasteiger charge is -2.31. The Morgan fingerprint density at radius 2 is 1.68 bits per heavy atom. The Balaban J connectivity index is 0.000000221. The van der Waals surface area contributed by atoms with Crippen LogP contribution >= 0.6 is 0 Å². The fraction of sp³-hybridized carbons (Fsp3) is 0.480. The molecule has 0 radical (unpaired) electrons. The molecular weight excluding hydrogens is 346 g/mol. The van der Waals surface area contributed by atoms with Gasteiger partial charge in [-0.25, -0.2) is 0 Å². The standard InChI is InChI=1S/C15H23NO.C10H12O/c1-4-16-9-7-14(8-10-16)17-15-6-5-12(2)13(3)11-15;1-8-5-3-4-6-10(8)7-9(2)11/h5-6,11,14H,4,7-10H2,1-3H3;3-6H,7H2,1-2H3. The molecule has 2 aromatic rings. The second kappa shape index (κ2) is 11.0. The van der Waals surface area contributed by atoms with E-state index in [0.717, 1.165) is 30.7 Å². The van der Waals surface area contributed by atoms with Crippen molar-refractivity contribution in [3.63, 3.8) is 0 Å². The van der Waals surface area contributed by atoms with Crippen LogP contribution in [0.1, 0.15) is 48.9 Å². The first-order valence-electron chi connectivity index (χ1n) is 10.4. The molecule has 0 spiro atoms. The molecule has 1 heterocycles. The normalized spacial score (nSPS) is 14.9. The Morgan fingerprint density at radius 3 is 2.25 bits per heavy atom. The van der Waals surface area contributed by atoms with Crippen LogP contribution < -0.4 is 4.74 Å². The van der Waals surface area contributed by atoms with Gasteiger partial charge in [-0.2, -0.15) is 0 Å². The van der Waals surface area contributed by atoms with Gasteiger partial charge in [-0.15, -0.1) is 0 Å². The van der Waals surface area contributed by atoms with Gasteiger partial charge in [0.1, 0.15) is 17.6 Å². The topological polar surface area (TPSA) is 29.5 Å². The Labute approximate surface area is 170 Å². The van der Waals surface area contributed by atoms with Crippen molar-refractivity contribution in [2.24, 2.45) is 0 Å². The third kappa shape index (κ3) is 7.12. The summed E-state index contributed by atoms with van der Waals surface area (Å²) in [5, 5.41) is 0. The van der Waals surface area contributed by atoms with Crippen LogP contribution in [0.3, 0.4) is 0 Å². The van der Waals surface area contributed by atoms with E-state index in [1.807, 2.05) is 31.2 Å². The maximum atomic E-state index is 10.8. The van der Waals surface area contributed by atoms with Crippen molar-refractivity contribution in [1.82, 2.24) is 4.90 Å². The number of hydrogen-bond acceptors (Lipinski definition) is 3. The molecule has 3 rings (SSSR count). The minimum atomic E-state index is 0.222. The number of nitrogens with zero attached hydrogens (tertiary/aromatic N) is 1. The zero-order valence-corrected chi connectivity index (χ0v) is 18.1. The molecule has 0 bridgehead atoms. The average Bonchev–Trinajstić information content (AvgIpc) is 2.67. The number of aryl methyl sites for hydroxylation is 3. The molecular formula is C25H35NO2. The summed E-state index contributed by atoms with van der Waals surface area (Å²) in [6.07, 6.45) is 3.27. The van der Waals surface area contributed by atoms with Gasteiger partial charge >= 0.3 is 0 Å². The fourth-order valence-electron chi connectivity index (χ4n) is 3.40. The van der Waals surface area contributed by atoms with Gasteiger partial charge in [0.05, 0.1) is 0 Å². The molecule has 2 aromatic carbocycles. The summed E-state index contributed by atoms with van der Waals surface area (Å²) in [5.41, 5.74) is 4.98. The Morgan fingerprint density at radius 1 is 1.00 bits per heavy atom. The van der Waals surface area contributed by atoms with E-state index in [0.29, 0.717) is 12.5 Å². The fourth-order valence-corrected chi connectivity index (χ4v) is 3.40.